The second kappa shape index (κ2) is 14.3. The van der Waals surface area contributed by atoms with Crippen molar-refractivity contribution in [1.82, 2.24) is 0 Å². The summed E-state index contributed by atoms with van der Waals surface area (Å²) in [5, 5.41) is 2.66. The maximum Gasteiger partial charge on any atom is -0.0809 e. The van der Waals surface area contributed by atoms with Crippen LogP contribution in [0, 0.1) is 13.8 Å². The van der Waals surface area contributed by atoms with E-state index in [0.717, 1.165) is 6.42 Å². The van der Waals surface area contributed by atoms with E-state index in [9.17, 15) is 0 Å². The monoisotopic (exact) mass is 461 g/mol. The van der Waals surface area contributed by atoms with Gasteiger partial charge in [-0.25, -0.2) is 0 Å². The van der Waals surface area contributed by atoms with E-state index in [0.29, 0.717) is 5.92 Å². The van der Waals surface area contributed by atoms with Crippen molar-refractivity contribution in [3.8, 4) is 0 Å². The third-order valence-corrected chi connectivity index (χ3v) is 3.97. The summed E-state index contributed by atoms with van der Waals surface area (Å²) in [5.74, 6) is 0.624. The van der Waals surface area contributed by atoms with E-state index < -0.39 is 20.8 Å². The summed E-state index contributed by atoms with van der Waals surface area (Å²) in [6.45, 7) is 8.89. The van der Waals surface area contributed by atoms with Crippen LogP contribution in [0.5, 0.6) is 0 Å². The molecule has 0 amide bonds. The summed E-state index contributed by atoms with van der Waals surface area (Å²) < 4.78 is 0. The molecule has 1 aliphatic carbocycles. The van der Waals surface area contributed by atoms with Gasteiger partial charge in [0.1, 0.15) is 0 Å². The van der Waals surface area contributed by atoms with Crippen molar-refractivity contribution in [1.29, 1.82) is 0 Å². The van der Waals surface area contributed by atoms with Crippen molar-refractivity contribution in [2.45, 2.75) is 25.7 Å². The molecule has 0 aliphatic heterocycles. The Morgan fingerprint density at radius 1 is 1.00 bits per heavy atom. The second-order valence-electron chi connectivity index (χ2n) is 5.46. The SMILES string of the molecule is [CH2-]C.[CH2-]CCC1C=Cc2ccccc21.[Cl][Zr][Cl].c1ccc2[cH-]ccc2c1. The standard InChI is InChI=1S/C12H13.C9H7.C2H5.2ClH.Zr/c1-2-5-10-8-9-11-6-3-4-7-12(10)11;1-2-5-9-7-3-6-8(9)4-1;1-2;;;/h3-4,6-10H,1-2,5H2;1-7H;1H2,2H3;2*1H;/q3*-1;;;+2/p-2. The number of benzene rings is 2. The fraction of sp³-hybridized carbons (Fsp3) is 0.174. The molecule has 26 heavy (non-hydrogen) atoms. The van der Waals surface area contributed by atoms with Gasteiger partial charge in [-0.05, 0) is 11.1 Å². The number of rotatable bonds is 2. The molecule has 3 heteroatoms. The zero-order valence-electron chi connectivity index (χ0n) is 15.2. The Morgan fingerprint density at radius 3 is 2.35 bits per heavy atom. The Labute approximate surface area is 177 Å². The van der Waals surface area contributed by atoms with Gasteiger partial charge < -0.3 is 13.8 Å². The molecule has 1 atom stereocenters. The minimum atomic E-state index is -0.826. The quantitative estimate of drug-likeness (QED) is 0.336. The molecular weight excluding hydrogens is 438 g/mol. The molecule has 0 heterocycles. The summed E-state index contributed by atoms with van der Waals surface area (Å²) in [6.07, 6.45) is 6.70. The molecule has 138 valence electrons. The Balaban J connectivity index is 0.000000214. The summed E-state index contributed by atoms with van der Waals surface area (Å²) in [5.41, 5.74) is 2.86. The molecule has 4 rings (SSSR count). The van der Waals surface area contributed by atoms with Crippen molar-refractivity contribution >= 4 is 33.9 Å². The van der Waals surface area contributed by atoms with E-state index in [1.54, 1.807) is 6.92 Å². The van der Waals surface area contributed by atoms with Gasteiger partial charge in [-0.1, -0.05) is 48.9 Å². The van der Waals surface area contributed by atoms with Crippen LogP contribution in [0.15, 0.2) is 72.8 Å². The molecule has 3 aromatic carbocycles. The van der Waals surface area contributed by atoms with Crippen LogP contribution < -0.4 is 0 Å². The topological polar surface area (TPSA) is 0 Å². The first-order chi connectivity index (χ1) is 12.8. The molecule has 0 spiro atoms. The maximum absolute atomic E-state index is 4.93. The predicted octanol–water partition coefficient (Wildman–Crippen LogP) is 8.19. The van der Waals surface area contributed by atoms with E-state index in [-0.39, 0.29) is 0 Å². The van der Waals surface area contributed by atoms with Crippen LogP contribution in [0.1, 0.15) is 36.8 Å². The fourth-order valence-electron chi connectivity index (χ4n) is 2.87. The van der Waals surface area contributed by atoms with E-state index in [1.165, 1.54) is 28.3 Å². The van der Waals surface area contributed by atoms with Gasteiger partial charge in [0.15, 0.2) is 0 Å². The van der Waals surface area contributed by atoms with Gasteiger partial charge in [0.05, 0.1) is 0 Å². The number of allylic oxidation sites excluding steroid dienone is 1. The average Bonchev–Trinajstić information content (AvgIpc) is 3.32. The van der Waals surface area contributed by atoms with Gasteiger partial charge in [0.25, 0.3) is 0 Å². The Kier molecular flexibility index (Phi) is 12.8. The molecular formula is C23H25Cl2Zr-3. The van der Waals surface area contributed by atoms with Crippen molar-refractivity contribution < 1.29 is 20.8 Å². The molecule has 1 aliphatic rings. The molecule has 0 aromatic heterocycles. The molecule has 3 aromatic rings. The molecule has 0 N–H and O–H groups in total. The van der Waals surface area contributed by atoms with E-state index in [4.69, 9.17) is 17.0 Å². The first-order valence-corrected chi connectivity index (χ1v) is 15.0. The number of halogens is 2. The summed E-state index contributed by atoms with van der Waals surface area (Å²) >= 11 is -0.826. The van der Waals surface area contributed by atoms with Crippen LogP contribution in [0.4, 0.5) is 0 Å². The average molecular weight is 464 g/mol. The number of fused-ring (bicyclic) bond motifs is 2. The minimum Gasteiger partial charge on any atom is -0.168 e. The molecule has 0 radical (unpaired) electrons. The second-order valence-corrected chi connectivity index (χ2v) is 9.19. The largest absolute Gasteiger partial charge is 0.168 e. The minimum absolute atomic E-state index is 0.624. The third-order valence-electron chi connectivity index (χ3n) is 3.97. The maximum atomic E-state index is 4.93. The molecule has 0 nitrogen and oxygen atoms in total. The smallest absolute Gasteiger partial charge is 0.0809 e. The molecule has 1 unspecified atom stereocenters. The van der Waals surface area contributed by atoms with Crippen molar-refractivity contribution in [2.24, 2.45) is 0 Å². The van der Waals surface area contributed by atoms with Gasteiger partial charge in [0.2, 0.25) is 0 Å². The summed E-state index contributed by atoms with van der Waals surface area (Å²) in [6, 6.07) is 23.3. The van der Waals surface area contributed by atoms with Gasteiger partial charge in [0, 0.05) is 5.92 Å². The first kappa shape index (κ1) is 23.3. The van der Waals surface area contributed by atoms with Gasteiger partial charge in [-0.3, -0.25) is 0 Å². The molecule has 0 bridgehead atoms. The zero-order valence-corrected chi connectivity index (χ0v) is 19.1. The van der Waals surface area contributed by atoms with Crippen molar-refractivity contribution in [2.75, 3.05) is 0 Å². The first-order valence-electron chi connectivity index (χ1n) is 8.64. The van der Waals surface area contributed by atoms with E-state index in [1.807, 2.05) is 0 Å². The molecule has 0 saturated heterocycles. The normalized spacial score (nSPS) is 13.3. The van der Waals surface area contributed by atoms with E-state index >= 15 is 0 Å². The molecule has 0 saturated carbocycles. The Hall–Kier alpha value is -0.747. The fourth-order valence-corrected chi connectivity index (χ4v) is 2.87. The summed E-state index contributed by atoms with van der Waals surface area (Å²) in [4.78, 5) is 0. The Morgan fingerprint density at radius 2 is 1.65 bits per heavy atom. The zero-order chi connectivity index (χ0) is 19.2. The van der Waals surface area contributed by atoms with Crippen LogP contribution in [0.3, 0.4) is 0 Å². The van der Waals surface area contributed by atoms with Crippen molar-refractivity contribution in [3.05, 3.63) is 97.8 Å². The van der Waals surface area contributed by atoms with Gasteiger partial charge in [-0.15, -0.1) is 29.7 Å². The Bertz CT molecular complexity index is 731. The number of hydrogen-bond acceptors (Lipinski definition) is 0. The van der Waals surface area contributed by atoms with Crippen LogP contribution in [0.25, 0.3) is 16.8 Å². The number of hydrogen-bond donors (Lipinski definition) is 0. The third kappa shape index (κ3) is 7.47. The van der Waals surface area contributed by atoms with Gasteiger partial charge >= 0.3 is 37.9 Å². The van der Waals surface area contributed by atoms with E-state index in [2.05, 4.69) is 92.7 Å². The molecule has 0 fully saturated rings. The van der Waals surface area contributed by atoms with Crippen LogP contribution in [-0.2, 0) is 20.8 Å². The predicted molar refractivity (Wildman–Crippen MR) is 115 cm³/mol. The van der Waals surface area contributed by atoms with Crippen LogP contribution >= 0.6 is 17.0 Å². The van der Waals surface area contributed by atoms with Crippen LogP contribution in [-0.4, -0.2) is 0 Å². The summed E-state index contributed by atoms with van der Waals surface area (Å²) in [7, 11) is 9.87. The van der Waals surface area contributed by atoms with Crippen LogP contribution in [0.2, 0.25) is 0 Å². The van der Waals surface area contributed by atoms with Crippen molar-refractivity contribution in [3.63, 3.8) is 0 Å². The van der Waals surface area contributed by atoms with Gasteiger partial charge in [-0.2, -0.15) is 30.9 Å².